The van der Waals surface area contributed by atoms with Crippen LogP contribution in [0.4, 0.5) is 0 Å². The Bertz CT molecular complexity index is 1120. The lowest BCUT2D eigenvalue weighted by atomic mass is 9.98. The molecule has 0 aliphatic carbocycles. The fraction of sp³-hybridized carbons (Fsp3) is 0.542. The summed E-state index contributed by atoms with van der Waals surface area (Å²) in [6, 6.07) is 9.10. The SMILES string of the molecule is CCCn1c2ccccc2c2cnn(CC(=O)NCCN3C(C)CCCC3C)c(=O)c21. The van der Waals surface area contributed by atoms with E-state index in [9.17, 15) is 9.59 Å². The molecule has 3 heterocycles. The van der Waals surface area contributed by atoms with Crippen LogP contribution in [0.3, 0.4) is 0 Å². The maximum absolute atomic E-state index is 13.2. The van der Waals surface area contributed by atoms with Crippen molar-refractivity contribution < 1.29 is 4.79 Å². The van der Waals surface area contributed by atoms with E-state index in [-0.39, 0.29) is 18.0 Å². The molecular weight excluding hydrogens is 390 g/mol. The van der Waals surface area contributed by atoms with Crippen molar-refractivity contribution >= 4 is 27.7 Å². The molecule has 1 aliphatic heterocycles. The molecule has 1 aromatic carbocycles. The van der Waals surface area contributed by atoms with Gasteiger partial charge in [0.2, 0.25) is 5.91 Å². The number of para-hydroxylation sites is 1. The van der Waals surface area contributed by atoms with Gasteiger partial charge in [0.05, 0.1) is 6.20 Å². The topological polar surface area (TPSA) is 72.2 Å². The Morgan fingerprint density at radius 2 is 1.87 bits per heavy atom. The predicted octanol–water partition coefficient (Wildman–Crippen LogP) is 3.14. The third-order valence-corrected chi connectivity index (χ3v) is 6.58. The van der Waals surface area contributed by atoms with Crippen molar-refractivity contribution in [2.45, 2.75) is 71.6 Å². The van der Waals surface area contributed by atoms with Crippen molar-refractivity contribution in [3.8, 4) is 0 Å². The molecule has 7 heteroatoms. The van der Waals surface area contributed by atoms with Crippen LogP contribution in [0.2, 0.25) is 0 Å². The number of likely N-dealkylation sites (tertiary alicyclic amines) is 1. The average Bonchev–Trinajstić information content (AvgIpc) is 3.07. The number of fused-ring (bicyclic) bond motifs is 3. The minimum absolute atomic E-state index is 0.0620. The number of carbonyl (C=O) groups excluding carboxylic acids is 1. The molecule has 166 valence electrons. The summed E-state index contributed by atoms with van der Waals surface area (Å²) in [6.45, 7) is 8.71. The minimum atomic E-state index is -0.212. The Morgan fingerprint density at radius 1 is 1.13 bits per heavy atom. The largest absolute Gasteiger partial charge is 0.353 e. The number of piperidine rings is 1. The molecule has 2 aromatic heterocycles. The van der Waals surface area contributed by atoms with E-state index < -0.39 is 0 Å². The number of nitrogens with one attached hydrogen (secondary N) is 1. The van der Waals surface area contributed by atoms with Gasteiger partial charge in [-0.1, -0.05) is 31.5 Å². The second-order valence-electron chi connectivity index (χ2n) is 8.76. The molecule has 1 aliphatic rings. The quantitative estimate of drug-likeness (QED) is 0.634. The highest BCUT2D eigenvalue weighted by molar-refractivity contribution is 6.07. The Hall–Kier alpha value is -2.67. The van der Waals surface area contributed by atoms with Gasteiger partial charge in [-0.2, -0.15) is 5.10 Å². The first-order chi connectivity index (χ1) is 15.0. The Morgan fingerprint density at radius 3 is 2.61 bits per heavy atom. The van der Waals surface area contributed by atoms with Crippen LogP contribution < -0.4 is 10.9 Å². The number of aromatic nitrogens is 3. The molecule has 1 amide bonds. The van der Waals surface area contributed by atoms with Crippen LogP contribution in [0.5, 0.6) is 0 Å². The average molecular weight is 424 g/mol. The van der Waals surface area contributed by atoms with E-state index in [4.69, 9.17) is 0 Å². The number of hydrogen-bond donors (Lipinski definition) is 1. The first-order valence-electron chi connectivity index (χ1n) is 11.5. The van der Waals surface area contributed by atoms with E-state index in [1.54, 1.807) is 6.20 Å². The van der Waals surface area contributed by atoms with Crippen LogP contribution in [0, 0.1) is 0 Å². The summed E-state index contributed by atoms with van der Waals surface area (Å²) in [5, 5.41) is 9.16. The van der Waals surface area contributed by atoms with E-state index in [0.29, 0.717) is 24.1 Å². The highest BCUT2D eigenvalue weighted by Gasteiger charge is 2.24. The van der Waals surface area contributed by atoms with Gasteiger partial charge in [-0.15, -0.1) is 0 Å². The van der Waals surface area contributed by atoms with E-state index in [1.807, 2.05) is 24.3 Å². The second-order valence-corrected chi connectivity index (χ2v) is 8.76. The highest BCUT2D eigenvalue weighted by atomic mass is 16.2. The molecule has 0 radical (unpaired) electrons. The van der Waals surface area contributed by atoms with Gasteiger partial charge < -0.3 is 9.88 Å². The molecular formula is C24H33N5O2. The van der Waals surface area contributed by atoms with Crippen LogP contribution in [0.1, 0.15) is 46.5 Å². The van der Waals surface area contributed by atoms with Gasteiger partial charge in [0.15, 0.2) is 0 Å². The zero-order valence-corrected chi connectivity index (χ0v) is 18.8. The van der Waals surface area contributed by atoms with Crippen LogP contribution in [0.25, 0.3) is 21.8 Å². The monoisotopic (exact) mass is 423 g/mol. The second kappa shape index (κ2) is 9.22. The first kappa shape index (κ1) is 21.6. The Kier molecular flexibility index (Phi) is 6.41. The van der Waals surface area contributed by atoms with Crippen molar-refractivity contribution in [2.24, 2.45) is 0 Å². The third kappa shape index (κ3) is 4.24. The fourth-order valence-corrected chi connectivity index (χ4v) is 4.99. The van der Waals surface area contributed by atoms with E-state index in [2.05, 4.69) is 40.7 Å². The molecule has 1 N–H and O–H groups in total. The molecule has 4 rings (SSSR count). The van der Waals surface area contributed by atoms with Crippen molar-refractivity contribution in [1.29, 1.82) is 0 Å². The minimum Gasteiger partial charge on any atom is -0.353 e. The van der Waals surface area contributed by atoms with Gasteiger partial charge in [0.25, 0.3) is 5.56 Å². The summed E-state index contributed by atoms with van der Waals surface area (Å²) in [7, 11) is 0. The van der Waals surface area contributed by atoms with Gasteiger partial charge in [-0.05, 0) is 39.2 Å². The van der Waals surface area contributed by atoms with E-state index in [1.165, 1.54) is 23.9 Å². The smallest absolute Gasteiger partial charge is 0.291 e. The molecule has 0 bridgehead atoms. The lowest BCUT2D eigenvalue weighted by Gasteiger charge is -2.39. The lowest BCUT2D eigenvalue weighted by molar-refractivity contribution is -0.122. The third-order valence-electron chi connectivity index (χ3n) is 6.58. The molecule has 2 unspecified atom stereocenters. The summed E-state index contributed by atoms with van der Waals surface area (Å²) >= 11 is 0. The number of nitrogens with zero attached hydrogens (tertiary/aromatic N) is 4. The summed E-state index contributed by atoms with van der Waals surface area (Å²) in [4.78, 5) is 28.2. The molecule has 0 spiro atoms. The van der Waals surface area contributed by atoms with Gasteiger partial charge in [0, 0.05) is 48.0 Å². The maximum atomic E-state index is 13.2. The number of hydrogen-bond acceptors (Lipinski definition) is 4. The molecule has 0 saturated carbocycles. The fourth-order valence-electron chi connectivity index (χ4n) is 4.99. The van der Waals surface area contributed by atoms with Gasteiger partial charge in [-0.3, -0.25) is 14.5 Å². The van der Waals surface area contributed by atoms with Crippen LogP contribution in [-0.4, -0.2) is 50.3 Å². The van der Waals surface area contributed by atoms with Gasteiger partial charge in [0.1, 0.15) is 12.1 Å². The molecule has 7 nitrogen and oxygen atoms in total. The number of benzene rings is 1. The normalized spacial score (nSPS) is 19.8. The molecule has 2 atom stereocenters. The number of rotatable bonds is 7. The van der Waals surface area contributed by atoms with Crippen LogP contribution in [0.15, 0.2) is 35.3 Å². The van der Waals surface area contributed by atoms with Gasteiger partial charge in [-0.25, -0.2) is 4.68 Å². The summed E-state index contributed by atoms with van der Waals surface area (Å²) in [5.41, 5.74) is 1.45. The molecule has 1 fully saturated rings. The summed E-state index contributed by atoms with van der Waals surface area (Å²) in [5.74, 6) is -0.176. The highest BCUT2D eigenvalue weighted by Crippen LogP contribution is 2.26. The maximum Gasteiger partial charge on any atom is 0.291 e. The van der Waals surface area contributed by atoms with Crippen molar-refractivity contribution in [3.05, 3.63) is 40.8 Å². The number of aryl methyl sites for hydroxylation is 1. The summed E-state index contributed by atoms with van der Waals surface area (Å²) in [6.07, 6.45) is 6.34. The molecule has 31 heavy (non-hydrogen) atoms. The molecule has 1 saturated heterocycles. The van der Waals surface area contributed by atoms with Crippen molar-refractivity contribution in [2.75, 3.05) is 13.1 Å². The Labute approximate surface area is 183 Å². The van der Waals surface area contributed by atoms with E-state index >= 15 is 0 Å². The van der Waals surface area contributed by atoms with E-state index in [0.717, 1.165) is 35.8 Å². The van der Waals surface area contributed by atoms with Crippen molar-refractivity contribution in [3.63, 3.8) is 0 Å². The van der Waals surface area contributed by atoms with Gasteiger partial charge >= 0.3 is 0 Å². The standard InChI is InChI=1S/C24H33N5O2/c1-4-13-28-21-11-6-5-10-19(21)20-15-26-29(24(31)23(20)28)16-22(30)25-12-14-27-17(2)8-7-9-18(27)3/h5-6,10-11,15,17-18H,4,7-9,12-14,16H2,1-3H3,(H,25,30). The predicted molar refractivity (Wildman–Crippen MR) is 124 cm³/mol. The van der Waals surface area contributed by atoms with Crippen molar-refractivity contribution in [1.82, 2.24) is 24.6 Å². The Balaban J connectivity index is 1.50. The zero-order valence-electron chi connectivity index (χ0n) is 18.8. The summed E-state index contributed by atoms with van der Waals surface area (Å²) < 4.78 is 3.34. The number of amides is 1. The first-order valence-corrected chi connectivity index (χ1v) is 11.5. The van der Waals surface area contributed by atoms with Crippen LogP contribution in [-0.2, 0) is 17.9 Å². The van der Waals surface area contributed by atoms with Crippen LogP contribution >= 0.6 is 0 Å². The number of carbonyl (C=O) groups is 1. The molecule has 3 aromatic rings. The lowest BCUT2D eigenvalue weighted by Crippen LogP contribution is -2.47. The zero-order chi connectivity index (χ0) is 22.0.